The van der Waals surface area contributed by atoms with Crippen molar-refractivity contribution >= 4 is 9.84 Å². The number of benzene rings is 2. The highest BCUT2D eigenvalue weighted by Crippen LogP contribution is 2.23. The molecule has 0 fully saturated rings. The average molecular weight is 347 g/mol. The number of hydrogen-bond acceptors (Lipinski definition) is 4. The minimum atomic E-state index is -3.23. The molecule has 0 aliphatic carbocycles. The van der Waals surface area contributed by atoms with E-state index in [0.717, 1.165) is 5.56 Å². The van der Waals surface area contributed by atoms with E-state index in [1.165, 1.54) is 24.0 Å². The number of nitrogens with one attached hydrogen (secondary N) is 1. The van der Waals surface area contributed by atoms with Crippen molar-refractivity contribution in [1.29, 1.82) is 0 Å². The van der Waals surface area contributed by atoms with E-state index in [1.54, 1.807) is 19.1 Å². The van der Waals surface area contributed by atoms with Crippen LogP contribution in [0.15, 0.2) is 53.4 Å². The van der Waals surface area contributed by atoms with Gasteiger partial charge in [0.2, 0.25) is 0 Å². The predicted octanol–water partition coefficient (Wildman–Crippen LogP) is 2.96. The second kappa shape index (κ2) is 7.05. The monoisotopic (exact) mass is 347 g/mol. The summed E-state index contributed by atoms with van der Waals surface area (Å²) in [5.74, 6) is 0. The molecule has 2 atom stereocenters. The molecule has 2 aromatic rings. The van der Waals surface area contributed by atoms with Crippen LogP contribution in [-0.2, 0) is 15.4 Å². The van der Waals surface area contributed by atoms with Gasteiger partial charge >= 0.3 is 0 Å². The lowest BCUT2D eigenvalue weighted by Crippen LogP contribution is -2.36. The number of aliphatic hydroxyl groups is 1. The van der Waals surface area contributed by atoms with Crippen molar-refractivity contribution in [2.24, 2.45) is 0 Å². The van der Waals surface area contributed by atoms with Crippen molar-refractivity contribution in [3.8, 4) is 0 Å². The van der Waals surface area contributed by atoms with Gasteiger partial charge in [-0.1, -0.05) is 42.0 Å². The Morgan fingerprint density at radius 2 is 1.62 bits per heavy atom. The van der Waals surface area contributed by atoms with Gasteiger partial charge in [-0.3, -0.25) is 0 Å². The minimum Gasteiger partial charge on any atom is -0.384 e. The van der Waals surface area contributed by atoms with E-state index in [9.17, 15) is 13.5 Å². The highest BCUT2D eigenvalue weighted by atomic mass is 32.2. The molecule has 4 nitrogen and oxygen atoms in total. The van der Waals surface area contributed by atoms with Gasteiger partial charge in [-0.2, -0.15) is 0 Å². The molecular formula is C19H25NO3S. The van der Waals surface area contributed by atoms with E-state index in [-0.39, 0.29) is 10.9 Å². The number of aryl methyl sites for hydroxylation is 1. The number of sulfone groups is 1. The van der Waals surface area contributed by atoms with Crippen LogP contribution in [0.1, 0.15) is 36.6 Å². The quantitative estimate of drug-likeness (QED) is 0.843. The van der Waals surface area contributed by atoms with Crippen LogP contribution in [0, 0.1) is 6.92 Å². The zero-order chi connectivity index (χ0) is 18.0. The summed E-state index contributed by atoms with van der Waals surface area (Å²) in [5, 5.41) is 14.0. The van der Waals surface area contributed by atoms with Gasteiger partial charge in [-0.05, 0) is 44.0 Å². The predicted molar refractivity (Wildman–Crippen MR) is 96.7 cm³/mol. The topological polar surface area (TPSA) is 66.4 Å². The molecule has 0 amide bonds. The number of rotatable bonds is 6. The van der Waals surface area contributed by atoms with Crippen LogP contribution < -0.4 is 5.32 Å². The standard InChI is InChI=1S/C19H25NO3S/c1-14-5-7-16(8-6-14)15(2)20-13-19(3,21)17-9-11-18(12-10-17)24(4,22)23/h5-12,15,20-21H,13H2,1-4H3/t15-,19-/m1/s1. The van der Waals surface area contributed by atoms with Crippen molar-refractivity contribution in [3.63, 3.8) is 0 Å². The molecule has 0 heterocycles. The van der Waals surface area contributed by atoms with Crippen LogP contribution in [0.5, 0.6) is 0 Å². The van der Waals surface area contributed by atoms with Crippen LogP contribution in [0.4, 0.5) is 0 Å². The Labute approximate surface area is 144 Å². The Balaban J connectivity index is 2.06. The third-order valence-corrected chi connectivity index (χ3v) is 5.36. The molecule has 0 unspecified atom stereocenters. The first-order chi connectivity index (χ1) is 11.1. The van der Waals surface area contributed by atoms with Crippen molar-refractivity contribution < 1.29 is 13.5 Å². The van der Waals surface area contributed by atoms with Gasteiger partial charge in [0.25, 0.3) is 0 Å². The van der Waals surface area contributed by atoms with E-state index >= 15 is 0 Å². The van der Waals surface area contributed by atoms with Gasteiger partial charge in [0.1, 0.15) is 0 Å². The molecule has 0 bridgehead atoms. The fraction of sp³-hybridized carbons (Fsp3) is 0.368. The lowest BCUT2D eigenvalue weighted by Gasteiger charge is -2.27. The second-order valence-electron chi connectivity index (χ2n) is 6.58. The minimum absolute atomic E-state index is 0.104. The Morgan fingerprint density at radius 1 is 1.08 bits per heavy atom. The normalized spacial score (nSPS) is 15.7. The summed E-state index contributed by atoms with van der Waals surface area (Å²) >= 11 is 0. The molecule has 5 heteroatoms. The molecule has 0 radical (unpaired) electrons. The van der Waals surface area contributed by atoms with Crippen molar-refractivity contribution in [1.82, 2.24) is 5.32 Å². The summed E-state index contributed by atoms with van der Waals surface area (Å²) in [7, 11) is -3.23. The summed E-state index contributed by atoms with van der Waals surface area (Å²) in [4.78, 5) is 0.253. The SMILES string of the molecule is Cc1ccc([C@@H](C)NC[C@@](C)(O)c2ccc(S(C)(=O)=O)cc2)cc1. The summed E-state index contributed by atoms with van der Waals surface area (Å²) in [5.41, 5.74) is 1.96. The fourth-order valence-electron chi connectivity index (χ4n) is 2.49. The maximum atomic E-state index is 11.5. The molecule has 24 heavy (non-hydrogen) atoms. The molecule has 130 valence electrons. The Morgan fingerprint density at radius 3 is 2.12 bits per heavy atom. The van der Waals surface area contributed by atoms with Crippen LogP contribution >= 0.6 is 0 Å². The van der Waals surface area contributed by atoms with E-state index < -0.39 is 15.4 Å². The van der Waals surface area contributed by atoms with E-state index in [4.69, 9.17) is 0 Å². The molecule has 0 spiro atoms. The highest BCUT2D eigenvalue weighted by molar-refractivity contribution is 7.90. The van der Waals surface area contributed by atoms with Crippen LogP contribution in [0.3, 0.4) is 0 Å². The first-order valence-electron chi connectivity index (χ1n) is 7.92. The van der Waals surface area contributed by atoms with Crippen molar-refractivity contribution in [2.45, 2.75) is 37.3 Å². The van der Waals surface area contributed by atoms with Gasteiger partial charge in [-0.25, -0.2) is 8.42 Å². The molecule has 0 aromatic heterocycles. The summed E-state index contributed by atoms with van der Waals surface area (Å²) in [6.45, 7) is 6.18. The van der Waals surface area contributed by atoms with Gasteiger partial charge in [0, 0.05) is 18.8 Å². The van der Waals surface area contributed by atoms with Crippen LogP contribution in [-0.4, -0.2) is 26.3 Å². The lowest BCUT2D eigenvalue weighted by atomic mass is 9.95. The van der Waals surface area contributed by atoms with E-state index in [1.807, 2.05) is 13.8 Å². The summed E-state index contributed by atoms with van der Waals surface area (Å²) < 4.78 is 23.0. The smallest absolute Gasteiger partial charge is 0.175 e. The van der Waals surface area contributed by atoms with E-state index in [0.29, 0.717) is 12.1 Å². The average Bonchev–Trinajstić information content (AvgIpc) is 2.53. The lowest BCUT2D eigenvalue weighted by molar-refractivity contribution is 0.0543. The zero-order valence-electron chi connectivity index (χ0n) is 14.6. The molecule has 2 N–H and O–H groups in total. The van der Waals surface area contributed by atoms with Crippen LogP contribution in [0.2, 0.25) is 0 Å². The summed E-state index contributed by atoms with van der Waals surface area (Å²) in [6.07, 6.45) is 1.17. The Kier molecular flexibility index (Phi) is 5.48. The molecule has 0 aliphatic rings. The first kappa shape index (κ1) is 18.6. The van der Waals surface area contributed by atoms with Gasteiger partial charge < -0.3 is 10.4 Å². The highest BCUT2D eigenvalue weighted by Gasteiger charge is 2.24. The molecule has 0 saturated carbocycles. The maximum absolute atomic E-state index is 11.5. The zero-order valence-corrected chi connectivity index (χ0v) is 15.4. The molecule has 2 aromatic carbocycles. The molecule has 2 rings (SSSR count). The number of hydrogen-bond donors (Lipinski definition) is 2. The fourth-order valence-corrected chi connectivity index (χ4v) is 3.12. The van der Waals surface area contributed by atoms with Crippen molar-refractivity contribution in [2.75, 3.05) is 12.8 Å². The second-order valence-corrected chi connectivity index (χ2v) is 8.60. The molecule has 0 aliphatic heterocycles. The third-order valence-electron chi connectivity index (χ3n) is 4.23. The molecule has 0 saturated heterocycles. The first-order valence-corrected chi connectivity index (χ1v) is 9.82. The third kappa shape index (κ3) is 4.66. The Bertz CT molecular complexity index is 778. The van der Waals surface area contributed by atoms with E-state index in [2.05, 4.69) is 29.6 Å². The summed E-state index contributed by atoms with van der Waals surface area (Å²) in [6, 6.07) is 14.8. The van der Waals surface area contributed by atoms with Gasteiger partial charge in [0.15, 0.2) is 9.84 Å². The van der Waals surface area contributed by atoms with Crippen LogP contribution in [0.25, 0.3) is 0 Å². The largest absolute Gasteiger partial charge is 0.384 e. The van der Waals surface area contributed by atoms with Crippen molar-refractivity contribution in [3.05, 3.63) is 65.2 Å². The maximum Gasteiger partial charge on any atom is 0.175 e. The molecular weight excluding hydrogens is 322 g/mol. The Hall–Kier alpha value is -1.69. The van der Waals surface area contributed by atoms with Gasteiger partial charge in [-0.15, -0.1) is 0 Å². The van der Waals surface area contributed by atoms with Gasteiger partial charge in [0.05, 0.1) is 10.5 Å².